The summed E-state index contributed by atoms with van der Waals surface area (Å²) in [5.74, 6) is 2.53. The third-order valence-electron chi connectivity index (χ3n) is 4.78. The molecule has 0 bridgehead atoms. The molecule has 6 heteroatoms. The number of fused-ring (bicyclic) bond motifs is 1. The first-order valence-corrected chi connectivity index (χ1v) is 9.46. The molecule has 1 unspecified atom stereocenters. The number of hydrogen-bond acceptors (Lipinski definition) is 5. The topological polar surface area (TPSA) is 69.7 Å². The Labute approximate surface area is 169 Å². The van der Waals surface area contributed by atoms with Crippen molar-refractivity contribution < 1.29 is 19.0 Å². The number of carbonyl (C=O) groups is 1. The summed E-state index contributed by atoms with van der Waals surface area (Å²) >= 11 is 0. The van der Waals surface area contributed by atoms with Gasteiger partial charge in [0.1, 0.15) is 23.9 Å². The predicted octanol–water partition coefficient (Wildman–Crippen LogP) is 3.75. The molecule has 6 nitrogen and oxygen atoms in total. The molecular formula is C23H22N2O4. The fraction of sp³-hybridized carbons (Fsp3) is 0.217. The average Bonchev–Trinajstić information content (AvgIpc) is 2.78. The van der Waals surface area contributed by atoms with Gasteiger partial charge in [-0.15, -0.1) is 0 Å². The van der Waals surface area contributed by atoms with E-state index in [1.54, 1.807) is 19.4 Å². The number of carbonyl (C=O) groups excluding carboxylic acids is 1. The maximum atomic E-state index is 12.6. The van der Waals surface area contributed by atoms with E-state index in [0.29, 0.717) is 25.5 Å². The van der Waals surface area contributed by atoms with Crippen LogP contribution in [-0.2, 0) is 17.8 Å². The van der Waals surface area contributed by atoms with Crippen molar-refractivity contribution in [1.29, 1.82) is 0 Å². The lowest BCUT2D eigenvalue weighted by Crippen LogP contribution is -2.37. The Bertz CT molecular complexity index is 974. The summed E-state index contributed by atoms with van der Waals surface area (Å²) < 4.78 is 16.6. The van der Waals surface area contributed by atoms with E-state index >= 15 is 0 Å². The molecule has 0 saturated carbocycles. The van der Waals surface area contributed by atoms with Gasteiger partial charge in [0.2, 0.25) is 11.8 Å². The zero-order chi connectivity index (χ0) is 20.1. The molecular weight excluding hydrogens is 368 g/mol. The Morgan fingerprint density at radius 1 is 1.14 bits per heavy atom. The maximum Gasteiger partial charge on any atom is 0.227 e. The summed E-state index contributed by atoms with van der Waals surface area (Å²) in [4.78, 5) is 16.9. The summed E-state index contributed by atoms with van der Waals surface area (Å²) in [5, 5.41) is 2.97. The monoisotopic (exact) mass is 390 g/mol. The number of methoxy groups -OCH3 is 1. The van der Waals surface area contributed by atoms with E-state index < -0.39 is 0 Å². The van der Waals surface area contributed by atoms with Crippen LogP contribution in [0.25, 0.3) is 0 Å². The lowest BCUT2D eigenvalue weighted by molar-refractivity contribution is -0.126. The Hall–Kier alpha value is -3.54. The SMILES string of the molecule is COc1ccc2c(c1)OCC(C(=O)NCc1ccc(Oc3ccccc3)nc1)C2. The van der Waals surface area contributed by atoms with Crippen molar-refractivity contribution in [2.75, 3.05) is 13.7 Å². The first-order chi connectivity index (χ1) is 14.2. The van der Waals surface area contributed by atoms with Crippen LogP contribution in [0.3, 0.4) is 0 Å². The number of nitrogens with zero attached hydrogens (tertiary/aromatic N) is 1. The zero-order valence-electron chi connectivity index (χ0n) is 16.1. The predicted molar refractivity (Wildman–Crippen MR) is 108 cm³/mol. The van der Waals surface area contributed by atoms with Crippen LogP contribution < -0.4 is 19.5 Å². The number of nitrogens with one attached hydrogen (secondary N) is 1. The Balaban J connectivity index is 1.30. The molecule has 0 fully saturated rings. The molecule has 148 valence electrons. The first kappa shape index (κ1) is 18.8. The molecule has 1 amide bonds. The van der Waals surface area contributed by atoms with Gasteiger partial charge in [-0.1, -0.05) is 30.3 Å². The second kappa shape index (κ2) is 8.65. The molecule has 1 N–H and O–H groups in total. The van der Waals surface area contributed by atoms with E-state index in [0.717, 1.165) is 28.4 Å². The van der Waals surface area contributed by atoms with Gasteiger partial charge in [0.25, 0.3) is 0 Å². The van der Waals surface area contributed by atoms with Crippen LogP contribution >= 0.6 is 0 Å². The van der Waals surface area contributed by atoms with Crippen molar-refractivity contribution in [3.63, 3.8) is 0 Å². The second-order valence-corrected chi connectivity index (χ2v) is 6.82. The summed E-state index contributed by atoms with van der Waals surface area (Å²) in [5.41, 5.74) is 1.92. The number of para-hydroxylation sites is 1. The Morgan fingerprint density at radius 2 is 2.00 bits per heavy atom. The molecule has 1 aliphatic rings. The summed E-state index contributed by atoms with van der Waals surface area (Å²) in [6.07, 6.45) is 2.35. The number of benzene rings is 2. The average molecular weight is 390 g/mol. The van der Waals surface area contributed by atoms with Crippen molar-refractivity contribution in [3.8, 4) is 23.1 Å². The van der Waals surface area contributed by atoms with Crippen LogP contribution in [0.1, 0.15) is 11.1 Å². The van der Waals surface area contributed by atoms with Gasteiger partial charge in [-0.05, 0) is 35.7 Å². The van der Waals surface area contributed by atoms with Crippen molar-refractivity contribution in [2.45, 2.75) is 13.0 Å². The largest absolute Gasteiger partial charge is 0.497 e. The highest BCUT2D eigenvalue weighted by molar-refractivity contribution is 5.79. The third-order valence-corrected chi connectivity index (χ3v) is 4.78. The zero-order valence-corrected chi connectivity index (χ0v) is 16.1. The van der Waals surface area contributed by atoms with E-state index in [-0.39, 0.29) is 11.8 Å². The lowest BCUT2D eigenvalue weighted by atomic mass is 9.96. The van der Waals surface area contributed by atoms with E-state index in [2.05, 4.69) is 10.3 Å². The molecule has 2 heterocycles. The minimum Gasteiger partial charge on any atom is -0.497 e. The van der Waals surface area contributed by atoms with Crippen LogP contribution in [0, 0.1) is 5.92 Å². The van der Waals surface area contributed by atoms with E-state index in [1.165, 1.54) is 0 Å². The van der Waals surface area contributed by atoms with Gasteiger partial charge in [0, 0.05) is 24.9 Å². The summed E-state index contributed by atoms with van der Waals surface area (Å²) in [7, 11) is 1.62. The van der Waals surface area contributed by atoms with Gasteiger partial charge in [0.05, 0.1) is 13.0 Å². The molecule has 0 radical (unpaired) electrons. The molecule has 2 aromatic carbocycles. The second-order valence-electron chi connectivity index (χ2n) is 6.82. The van der Waals surface area contributed by atoms with Crippen LogP contribution in [0.4, 0.5) is 0 Å². The van der Waals surface area contributed by atoms with Gasteiger partial charge < -0.3 is 19.5 Å². The van der Waals surface area contributed by atoms with Gasteiger partial charge in [0.15, 0.2) is 0 Å². The van der Waals surface area contributed by atoms with Gasteiger partial charge in [-0.25, -0.2) is 4.98 Å². The Morgan fingerprint density at radius 3 is 2.76 bits per heavy atom. The van der Waals surface area contributed by atoms with Gasteiger partial charge in [-0.3, -0.25) is 4.79 Å². The van der Waals surface area contributed by atoms with Crippen molar-refractivity contribution in [3.05, 3.63) is 78.0 Å². The third kappa shape index (κ3) is 4.66. The molecule has 1 aromatic heterocycles. The first-order valence-electron chi connectivity index (χ1n) is 9.46. The molecule has 1 aliphatic heterocycles. The number of rotatable bonds is 6. The van der Waals surface area contributed by atoms with Crippen molar-refractivity contribution in [2.24, 2.45) is 5.92 Å². The quantitative estimate of drug-likeness (QED) is 0.694. The smallest absolute Gasteiger partial charge is 0.227 e. The van der Waals surface area contributed by atoms with E-state index in [4.69, 9.17) is 14.2 Å². The number of hydrogen-bond donors (Lipinski definition) is 1. The molecule has 4 rings (SSSR count). The molecule has 0 saturated heterocycles. The summed E-state index contributed by atoms with van der Waals surface area (Å²) in [6, 6.07) is 18.9. The van der Waals surface area contributed by atoms with E-state index in [1.807, 2.05) is 54.6 Å². The molecule has 3 aromatic rings. The van der Waals surface area contributed by atoms with Crippen LogP contribution in [-0.4, -0.2) is 24.6 Å². The number of ether oxygens (including phenoxy) is 3. The maximum absolute atomic E-state index is 12.6. The highest BCUT2D eigenvalue weighted by Crippen LogP contribution is 2.31. The standard InChI is InChI=1S/C23H22N2O4/c1-27-20-9-8-17-11-18(15-28-21(17)12-20)23(26)25-14-16-7-10-22(24-13-16)29-19-5-3-2-4-6-19/h2-10,12-13,18H,11,14-15H2,1H3,(H,25,26). The minimum atomic E-state index is -0.218. The number of amides is 1. The van der Waals surface area contributed by atoms with E-state index in [9.17, 15) is 4.79 Å². The normalized spacial score (nSPS) is 15.0. The van der Waals surface area contributed by atoms with Gasteiger partial charge >= 0.3 is 0 Å². The van der Waals surface area contributed by atoms with Crippen molar-refractivity contribution >= 4 is 5.91 Å². The minimum absolute atomic E-state index is 0.0314. The van der Waals surface area contributed by atoms with Crippen LogP contribution in [0.5, 0.6) is 23.1 Å². The van der Waals surface area contributed by atoms with Crippen LogP contribution in [0.2, 0.25) is 0 Å². The lowest BCUT2D eigenvalue weighted by Gasteiger charge is -2.25. The highest BCUT2D eigenvalue weighted by atomic mass is 16.5. The fourth-order valence-corrected chi connectivity index (χ4v) is 3.17. The fourth-order valence-electron chi connectivity index (χ4n) is 3.17. The van der Waals surface area contributed by atoms with Crippen LogP contribution in [0.15, 0.2) is 66.9 Å². The molecule has 0 aliphatic carbocycles. The Kier molecular flexibility index (Phi) is 5.61. The molecule has 0 spiro atoms. The molecule has 29 heavy (non-hydrogen) atoms. The van der Waals surface area contributed by atoms with Gasteiger partial charge in [-0.2, -0.15) is 0 Å². The molecule has 1 atom stereocenters. The number of aromatic nitrogens is 1. The van der Waals surface area contributed by atoms with Crippen molar-refractivity contribution in [1.82, 2.24) is 10.3 Å². The number of pyridine rings is 1. The highest BCUT2D eigenvalue weighted by Gasteiger charge is 2.26. The summed E-state index contributed by atoms with van der Waals surface area (Å²) in [6.45, 7) is 0.761.